The third-order valence-corrected chi connectivity index (χ3v) is 2.15. The van der Waals surface area contributed by atoms with Crippen LogP contribution >= 0.6 is 0 Å². The van der Waals surface area contributed by atoms with E-state index in [9.17, 15) is 9.59 Å². The second-order valence-corrected chi connectivity index (χ2v) is 3.50. The van der Waals surface area contributed by atoms with Gasteiger partial charge in [0, 0.05) is 13.0 Å². The summed E-state index contributed by atoms with van der Waals surface area (Å²) >= 11 is 0. The van der Waals surface area contributed by atoms with Gasteiger partial charge < -0.3 is 14.8 Å². The van der Waals surface area contributed by atoms with Crippen LogP contribution in [0.2, 0.25) is 0 Å². The number of anilines is 1. The highest BCUT2D eigenvalue weighted by Crippen LogP contribution is 2.26. The van der Waals surface area contributed by atoms with Crippen molar-refractivity contribution >= 4 is 23.6 Å². The van der Waals surface area contributed by atoms with Gasteiger partial charge in [-0.2, -0.15) is 0 Å². The highest BCUT2D eigenvalue weighted by Gasteiger charge is 2.04. The van der Waals surface area contributed by atoms with Gasteiger partial charge >= 0.3 is 5.97 Å². The van der Waals surface area contributed by atoms with Crippen LogP contribution in [0.15, 0.2) is 24.3 Å². The van der Waals surface area contributed by atoms with Crippen molar-refractivity contribution in [1.29, 1.82) is 0 Å². The monoisotopic (exact) mass is 249 g/mol. The Labute approximate surface area is 105 Å². The van der Waals surface area contributed by atoms with E-state index in [4.69, 9.17) is 4.74 Å². The molecule has 0 aromatic heterocycles. The lowest BCUT2D eigenvalue weighted by atomic mass is 10.1. The SMILES string of the molecule is COC(=O)/C=C/c1ccc(NC(C)=O)c(OC)c1. The van der Waals surface area contributed by atoms with Gasteiger partial charge in [0.2, 0.25) is 5.91 Å². The second-order valence-electron chi connectivity index (χ2n) is 3.50. The molecule has 0 radical (unpaired) electrons. The highest BCUT2D eigenvalue weighted by atomic mass is 16.5. The van der Waals surface area contributed by atoms with Crippen molar-refractivity contribution in [2.24, 2.45) is 0 Å². The average molecular weight is 249 g/mol. The van der Waals surface area contributed by atoms with Crippen molar-refractivity contribution in [2.75, 3.05) is 19.5 Å². The first-order valence-corrected chi connectivity index (χ1v) is 5.28. The van der Waals surface area contributed by atoms with Crippen molar-refractivity contribution < 1.29 is 19.1 Å². The number of nitrogens with one attached hydrogen (secondary N) is 1. The van der Waals surface area contributed by atoms with E-state index < -0.39 is 5.97 Å². The van der Waals surface area contributed by atoms with Crippen molar-refractivity contribution in [1.82, 2.24) is 0 Å². The zero-order chi connectivity index (χ0) is 13.5. The van der Waals surface area contributed by atoms with Crippen molar-refractivity contribution in [2.45, 2.75) is 6.92 Å². The molecule has 1 aromatic rings. The molecule has 0 saturated heterocycles. The summed E-state index contributed by atoms with van der Waals surface area (Å²) in [5.41, 5.74) is 1.35. The van der Waals surface area contributed by atoms with Crippen LogP contribution in [0.3, 0.4) is 0 Å². The lowest BCUT2D eigenvalue weighted by molar-refractivity contribution is -0.134. The summed E-state index contributed by atoms with van der Waals surface area (Å²) in [6.45, 7) is 1.42. The highest BCUT2D eigenvalue weighted by molar-refractivity contribution is 5.91. The largest absolute Gasteiger partial charge is 0.495 e. The van der Waals surface area contributed by atoms with Gasteiger partial charge in [0.15, 0.2) is 0 Å². The van der Waals surface area contributed by atoms with E-state index in [1.807, 2.05) is 0 Å². The Hall–Kier alpha value is -2.30. The van der Waals surface area contributed by atoms with E-state index in [0.717, 1.165) is 5.56 Å². The van der Waals surface area contributed by atoms with Crippen LogP contribution in [0.5, 0.6) is 5.75 Å². The van der Waals surface area contributed by atoms with Crippen LogP contribution < -0.4 is 10.1 Å². The fourth-order valence-corrected chi connectivity index (χ4v) is 1.34. The van der Waals surface area contributed by atoms with Gasteiger partial charge in [-0.3, -0.25) is 4.79 Å². The molecule has 0 bridgehead atoms. The van der Waals surface area contributed by atoms with E-state index in [1.165, 1.54) is 27.2 Å². The molecule has 0 atom stereocenters. The lowest BCUT2D eigenvalue weighted by Gasteiger charge is -2.09. The van der Waals surface area contributed by atoms with Gasteiger partial charge in [0.05, 0.1) is 19.9 Å². The summed E-state index contributed by atoms with van der Waals surface area (Å²) in [6.07, 6.45) is 2.92. The Morgan fingerprint density at radius 2 is 2.00 bits per heavy atom. The molecular formula is C13H15NO4. The van der Waals surface area contributed by atoms with Crippen LogP contribution in [0.25, 0.3) is 6.08 Å². The van der Waals surface area contributed by atoms with E-state index in [-0.39, 0.29) is 5.91 Å². The molecule has 0 saturated carbocycles. The van der Waals surface area contributed by atoms with E-state index in [0.29, 0.717) is 11.4 Å². The van der Waals surface area contributed by atoms with Crippen LogP contribution in [0, 0.1) is 0 Å². The van der Waals surface area contributed by atoms with Gasteiger partial charge in [-0.1, -0.05) is 6.07 Å². The first-order chi connectivity index (χ1) is 8.56. The molecule has 0 unspecified atom stereocenters. The first kappa shape index (κ1) is 13.8. The summed E-state index contributed by atoms with van der Waals surface area (Å²) in [6, 6.07) is 5.18. The maximum Gasteiger partial charge on any atom is 0.330 e. The van der Waals surface area contributed by atoms with Gasteiger partial charge in [-0.25, -0.2) is 4.79 Å². The molecule has 18 heavy (non-hydrogen) atoms. The molecule has 1 rings (SSSR count). The van der Waals surface area contributed by atoms with Gasteiger partial charge in [0.25, 0.3) is 0 Å². The molecule has 0 aliphatic carbocycles. The predicted octanol–water partition coefficient (Wildman–Crippen LogP) is 1.84. The number of benzene rings is 1. The Morgan fingerprint density at radius 1 is 1.28 bits per heavy atom. The molecule has 0 spiro atoms. The molecule has 0 aliphatic rings. The Balaban J connectivity index is 2.94. The smallest absolute Gasteiger partial charge is 0.330 e. The standard InChI is InChI=1S/C13H15NO4/c1-9(15)14-11-6-4-10(8-12(11)17-2)5-7-13(16)18-3/h4-8H,1-3H3,(H,14,15)/b7-5+. The molecule has 0 fully saturated rings. The number of amides is 1. The topological polar surface area (TPSA) is 64.6 Å². The Morgan fingerprint density at radius 3 is 2.56 bits per heavy atom. The molecule has 5 nitrogen and oxygen atoms in total. The molecule has 1 amide bonds. The van der Waals surface area contributed by atoms with E-state index >= 15 is 0 Å². The third kappa shape index (κ3) is 3.93. The zero-order valence-electron chi connectivity index (χ0n) is 10.5. The zero-order valence-corrected chi connectivity index (χ0v) is 10.5. The minimum absolute atomic E-state index is 0.175. The first-order valence-electron chi connectivity index (χ1n) is 5.28. The number of hydrogen-bond donors (Lipinski definition) is 1. The van der Waals surface area contributed by atoms with Crippen LogP contribution in [-0.2, 0) is 14.3 Å². The second kappa shape index (κ2) is 6.44. The summed E-state index contributed by atoms with van der Waals surface area (Å²) in [5, 5.41) is 2.65. The molecule has 0 aliphatic heterocycles. The van der Waals surface area contributed by atoms with Crippen molar-refractivity contribution in [3.8, 4) is 5.75 Å². The fourth-order valence-electron chi connectivity index (χ4n) is 1.34. The molecular weight excluding hydrogens is 234 g/mol. The Bertz CT molecular complexity index is 480. The van der Waals surface area contributed by atoms with E-state index in [1.54, 1.807) is 24.3 Å². The number of rotatable bonds is 4. The number of methoxy groups -OCH3 is 2. The summed E-state index contributed by atoms with van der Waals surface area (Å²) in [7, 11) is 2.82. The minimum atomic E-state index is -0.431. The maximum absolute atomic E-state index is 11.0. The fraction of sp³-hybridized carbons (Fsp3) is 0.231. The number of carbonyl (C=O) groups excluding carboxylic acids is 2. The predicted molar refractivity (Wildman–Crippen MR) is 68.3 cm³/mol. The molecule has 96 valence electrons. The summed E-state index contributed by atoms with van der Waals surface area (Å²) < 4.78 is 9.65. The van der Waals surface area contributed by atoms with Crippen LogP contribution in [-0.4, -0.2) is 26.1 Å². The van der Waals surface area contributed by atoms with Gasteiger partial charge in [-0.15, -0.1) is 0 Å². The van der Waals surface area contributed by atoms with Crippen LogP contribution in [0.4, 0.5) is 5.69 Å². The number of hydrogen-bond acceptors (Lipinski definition) is 4. The molecule has 0 heterocycles. The summed E-state index contributed by atoms with van der Waals surface area (Å²) in [5.74, 6) is -0.0803. The Kier molecular flexibility index (Phi) is 4.92. The van der Waals surface area contributed by atoms with Gasteiger partial charge in [0.1, 0.15) is 5.75 Å². The quantitative estimate of drug-likeness (QED) is 0.653. The maximum atomic E-state index is 11.0. The van der Waals surface area contributed by atoms with E-state index in [2.05, 4.69) is 10.1 Å². The van der Waals surface area contributed by atoms with Crippen molar-refractivity contribution in [3.63, 3.8) is 0 Å². The van der Waals surface area contributed by atoms with Gasteiger partial charge in [-0.05, 0) is 23.8 Å². The molecule has 1 aromatic carbocycles. The van der Waals surface area contributed by atoms with Crippen molar-refractivity contribution in [3.05, 3.63) is 29.8 Å². The number of carbonyl (C=O) groups is 2. The normalized spacial score (nSPS) is 10.2. The third-order valence-electron chi connectivity index (χ3n) is 2.15. The number of ether oxygens (including phenoxy) is 2. The lowest BCUT2D eigenvalue weighted by Crippen LogP contribution is -2.07. The molecule has 1 N–H and O–H groups in total. The average Bonchev–Trinajstić information content (AvgIpc) is 2.36. The van der Waals surface area contributed by atoms with Crippen LogP contribution in [0.1, 0.15) is 12.5 Å². The molecule has 5 heteroatoms. The minimum Gasteiger partial charge on any atom is -0.495 e. The number of esters is 1. The summed E-state index contributed by atoms with van der Waals surface area (Å²) in [4.78, 5) is 21.9.